The van der Waals surface area contributed by atoms with Crippen LogP contribution in [0.25, 0.3) is 0 Å². The number of fused-ring (bicyclic) bond motifs is 1. The van der Waals surface area contributed by atoms with E-state index in [1.807, 2.05) is 6.07 Å². The van der Waals surface area contributed by atoms with E-state index in [2.05, 4.69) is 46.4 Å². The Morgan fingerprint density at radius 1 is 1.14 bits per heavy atom. The summed E-state index contributed by atoms with van der Waals surface area (Å²) in [6.07, 6.45) is 5.45. The number of nitrogens with zero attached hydrogens (tertiary/aromatic N) is 2. The first-order chi connectivity index (χ1) is 10.3. The lowest BCUT2D eigenvalue weighted by Gasteiger charge is -2.19. The van der Waals surface area contributed by atoms with Gasteiger partial charge in [0.25, 0.3) is 0 Å². The number of benzene rings is 1. The molecule has 1 aliphatic carbocycles. The lowest BCUT2D eigenvalue weighted by Crippen LogP contribution is -2.15. The van der Waals surface area contributed by atoms with E-state index in [-0.39, 0.29) is 0 Å². The van der Waals surface area contributed by atoms with Crippen molar-refractivity contribution in [2.45, 2.75) is 39.0 Å². The van der Waals surface area contributed by atoms with Crippen molar-refractivity contribution in [1.29, 1.82) is 0 Å². The summed E-state index contributed by atoms with van der Waals surface area (Å²) >= 11 is 3.61. The molecule has 0 saturated carbocycles. The van der Waals surface area contributed by atoms with Crippen molar-refractivity contribution in [2.24, 2.45) is 0 Å². The largest absolute Gasteiger partial charge is 0.370 e. The first-order valence-electron chi connectivity index (χ1n) is 7.64. The van der Waals surface area contributed by atoms with Crippen LogP contribution in [0.1, 0.15) is 42.4 Å². The minimum atomic E-state index is 0.771. The van der Waals surface area contributed by atoms with Crippen LogP contribution in [0.15, 0.2) is 28.7 Å². The molecule has 0 bridgehead atoms. The van der Waals surface area contributed by atoms with Crippen LogP contribution in [0.5, 0.6) is 0 Å². The van der Waals surface area contributed by atoms with Crippen molar-refractivity contribution in [2.75, 3.05) is 11.9 Å². The molecule has 0 spiro atoms. The molecule has 0 saturated heterocycles. The van der Waals surface area contributed by atoms with Gasteiger partial charge in [-0.2, -0.15) is 0 Å². The first-order valence-corrected chi connectivity index (χ1v) is 8.43. The highest BCUT2D eigenvalue weighted by molar-refractivity contribution is 9.10. The monoisotopic (exact) mass is 345 g/mol. The molecule has 1 N–H and O–H groups in total. The maximum absolute atomic E-state index is 4.82. The molecule has 1 aromatic carbocycles. The van der Waals surface area contributed by atoms with Crippen LogP contribution in [-0.2, 0) is 19.3 Å². The fourth-order valence-corrected chi connectivity index (χ4v) is 3.27. The van der Waals surface area contributed by atoms with Crippen LogP contribution >= 0.6 is 15.9 Å². The van der Waals surface area contributed by atoms with Gasteiger partial charge in [0.1, 0.15) is 11.6 Å². The highest BCUT2D eigenvalue weighted by Gasteiger charge is 2.17. The molecule has 0 atom stereocenters. The van der Waals surface area contributed by atoms with E-state index in [4.69, 9.17) is 9.97 Å². The van der Waals surface area contributed by atoms with E-state index >= 15 is 0 Å². The van der Waals surface area contributed by atoms with Crippen molar-refractivity contribution < 1.29 is 0 Å². The second-order valence-electron chi connectivity index (χ2n) is 5.42. The Bertz CT molecular complexity index is 640. The molecular formula is C17H20BrN3. The fraction of sp³-hybridized carbons (Fsp3) is 0.412. The zero-order valence-electron chi connectivity index (χ0n) is 12.3. The molecule has 3 nitrogen and oxygen atoms in total. The summed E-state index contributed by atoms with van der Waals surface area (Å²) in [7, 11) is 0. The molecule has 110 valence electrons. The predicted molar refractivity (Wildman–Crippen MR) is 89.8 cm³/mol. The molecular weight excluding hydrogens is 326 g/mol. The topological polar surface area (TPSA) is 37.8 Å². The van der Waals surface area contributed by atoms with Crippen LogP contribution in [0.3, 0.4) is 0 Å². The molecule has 0 amide bonds. The molecule has 3 rings (SSSR count). The number of aryl methyl sites for hydroxylation is 1. The maximum atomic E-state index is 4.82. The summed E-state index contributed by atoms with van der Waals surface area (Å²) in [5.41, 5.74) is 3.81. The van der Waals surface area contributed by atoms with E-state index < -0.39 is 0 Å². The standard InChI is InChI=1S/C17H20BrN3/c1-2-19-17-13-8-4-6-10-15(13)20-16(21-17)11-12-7-3-5-9-14(12)18/h3,5,7,9H,2,4,6,8,10-11H2,1H3,(H,19,20,21). The smallest absolute Gasteiger partial charge is 0.135 e. The number of anilines is 1. The average Bonchev–Trinajstić information content (AvgIpc) is 2.50. The molecule has 0 unspecified atom stereocenters. The van der Waals surface area contributed by atoms with Gasteiger partial charge in [-0.05, 0) is 44.2 Å². The van der Waals surface area contributed by atoms with Gasteiger partial charge in [-0.3, -0.25) is 0 Å². The minimum Gasteiger partial charge on any atom is -0.370 e. The molecule has 1 aromatic heterocycles. The van der Waals surface area contributed by atoms with Gasteiger partial charge in [-0.25, -0.2) is 9.97 Å². The molecule has 21 heavy (non-hydrogen) atoms. The van der Waals surface area contributed by atoms with Crippen molar-refractivity contribution in [3.8, 4) is 0 Å². The lowest BCUT2D eigenvalue weighted by atomic mass is 9.96. The van der Waals surface area contributed by atoms with Crippen LogP contribution in [0, 0.1) is 0 Å². The van der Waals surface area contributed by atoms with Crippen LogP contribution in [0.2, 0.25) is 0 Å². The Kier molecular flexibility index (Phi) is 4.54. The highest BCUT2D eigenvalue weighted by atomic mass is 79.9. The average molecular weight is 346 g/mol. The van der Waals surface area contributed by atoms with Crippen molar-refractivity contribution in [3.63, 3.8) is 0 Å². The summed E-state index contributed by atoms with van der Waals surface area (Å²) in [6.45, 7) is 3.02. The molecule has 2 aromatic rings. The van der Waals surface area contributed by atoms with Gasteiger partial charge in [0, 0.05) is 28.7 Å². The van der Waals surface area contributed by atoms with Gasteiger partial charge in [0.15, 0.2) is 0 Å². The number of halogens is 1. The highest BCUT2D eigenvalue weighted by Crippen LogP contribution is 2.26. The third-order valence-electron chi connectivity index (χ3n) is 3.88. The van der Waals surface area contributed by atoms with E-state index in [0.717, 1.165) is 41.9 Å². The van der Waals surface area contributed by atoms with Crippen molar-refractivity contribution in [1.82, 2.24) is 9.97 Å². The molecule has 0 fully saturated rings. The predicted octanol–water partition coefficient (Wildman–Crippen LogP) is 4.14. The van der Waals surface area contributed by atoms with Crippen LogP contribution in [-0.4, -0.2) is 16.5 Å². The van der Waals surface area contributed by atoms with Gasteiger partial charge in [0.05, 0.1) is 0 Å². The quantitative estimate of drug-likeness (QED) is 0.904. The Morgan fingerprint density at radius 3 is 2.76 bits per heavy atom. The third-order valence-corrected chi connectivity index (χ3v) is 4.65. The Hall–Kier alpha value is -1.42. The molecule has 1 heterocycles. The maximum Gasteiger partial charge on any atom is 0.135 e. The number of hydrogen-bond donors (Lipinski definition) is 1. The molecule has 0 radical (unpaired) electrons. The van der Waals surface area contributed by atoms with Crippen molar-refractivity contribution in [3.05, 3.63) is 51.4 Å². The Labute approximate surface area is 134 Å². The zero-order chi connectivity index (χ0) is 14.7. The van der Waals surface area contributed by atoms with Gasteiger partial charge >= 0.3 is 0 Å². The normalized spacial score (nSPS) is 13.8. The summed E-state index contributed by atoms with van der Waals surface area (Å²) in [5, 5.41) is 3.41. The SMILES string of the molecule is CCNc1nc(Cc2ccccc2Br)nc2c1CCCC2. The number of rotatable bonds is 4. The summed E-state index contributed by atoms with van der Waals surface area (Å²) < 4.78 is 1.12. The van der Waals surface area contributed by atoms with E-state index in [0.29, 0.717) is 0 Å². The van der Waals surface area contributed by atoms with E-state index in [9.17, 15) is 0 Å². The van der Waals surface area contributed by atoms with Gasteiger partial charge < -0.3 is 5.32 Å². The number of hydrogen-bond acceptors (Lipinski definition) is 3. The lowest BCUT2D eigenvalue weighted by molar-refractivity contribution is 0.657. The van der Waals surface area contributed by atoms with Gasteiger partial charge in [0.2, 0.25) is 0 Å². The second-order valence-corrected chi connectivity index (χ2v) is 6.27. The van der Waals surface area contributed by atoms with E-state index in [1.54, 1.807) is 0 Å². The van der Waals surface area contributed by atoms with Gasteiger partial charge in [-0.1, -0.05) is 34.1 Å². The molecule has 4 heteroatoms. The first kappa shape index (κ1) is 14.5. The summed E-state index contributed by atoms with van der Waals surface area (Å²) in [6, 6.07) is 8.29. The fourth-order valence-electron chi connectivity index (χ4n) is 2.85. The summed E-state index contributed by atoms with van der Waals surface area (Å²) in [4.78, 5) is 9.59. The third kappa shape index (κ3) is 3.26. The van der Waals surface area contributed by atoms with Crippen molar-refractivity contribution >= 4 is 21.7 Å². The van der Waals surface area contributed by atoms with E-state index in [1.165, 1.54) is 29.7 Å². The minimum absolute atomic E-state index is 0.771. The zero-order valence-corrected chi connectivity index (χ0v) is 13.9. The number of nitrogens with one attached hydrogen (secondary N) is 1. The Morgan fingerprint density at radius 2 is 1.95 bits per heavy atom. The molecule has 0 aliphatic heterocycles. The van der Waals surface area contributed by atoms with Crippen LogP contribution < -0.4 is 5.32 Å². The second kappa shape index (κ2) is 6.56. The van der Waals surface area contributed by atoms with Gasteiger partial charge in [-0.15, -0.1) is 0 Å². The Balaban J connectivity index is 1.95. The summed E-state index contributed by atoms with van der Waals surface area (Å²) in [5.74, 6) is 1.96. The van der Waals surface area contributed by atoms with Crippen LogP contribution in [0.4, 0.5) is 5.82 Å². The number of aromatic nitrogens is 2. The molecule has 1 aliphatic rings.